The third-order valence-electron chi connectivity index (χ3n) is 2.79. The molecule has 0 aliphatic heterocycles. The molecule has 0 fully saturated rings. The molecule has 2 nitrogen and oxygen atoms in total. The van der Waals surface area contributed by atoms with Gasteiger partial charge in [0.2, 0.25) is 0 Å². The lowest BCUT2D eigenvalue weighted by Crippen LogP contribution is -2.40. The molecule has 0 radical (unpaired) electrons. The predicted molar refractivity (Wildman–Crippen MR) is 68.0 cm³/mol. The average molecular weight is 291 g/mol. The topological polar surface area (TPSA) is 20.3 Å². The maximum absolute atomic E-state index is 13.7. The van der Waals surface area contributed by atoms with E-state index in [4.69, 9.17) is 0 Å². The Bertz CT molecular complexity index is 471. The second-order valence-corrected chi connectivity index (χ2v) is 4.68. The third kappa shape index (κ3) is 4.83. The Kier molecular flexibility index (Phi) is 5.53. The lowest BCUT2D eigenvalue weighted by atomic mass is 10.1. The Labute approximate surface area is 115 Å². The molecule has 0 atom stereocenters. The monoisotopic (exact) mass is 291 g/mol. The highest BCUT2D eigenvalue weighted by atomic mass is 19.4. The zero-order valence-electron chi connectivity index (χ0n) is 11.4. The smallest absolute Gasteiger partial charge is 0.329 e. The molecule has 0 bridgehead atoms. The largest absolute Gasteiger partial charge is 0.406 e. The molecule has 20 heavy (non-hydrogen) atoms. The summed E-state index contributed by atoms with van der Waals surface area (Å²) in [6.45, 7) is 2.05. The fourth-order valence-electron chi connectivity index (χ4n) is 1.78. The minimum Gasteiger partial charge on any atom is -0.329 e. The second kappa shape index (κ2) is 6.72. The Balaban J connectivity index is 2.96. The van der Waals surface area contributed by atoms with Crippen LogP contribution >= 0.6 is 0 Å². The van der Waals surface area contributed by atoms with Crippen LogP contribution in [-0.2, 0) is 0 Å². The Morgan fingerprint density at radius 2 is 1.95 bits per heavy atom. The number of rotatable bonds is 5. The molecule has 1 rings (SSSR count). The van der Waals surface area contributed by atoms with E-state index in [9.17, 15) is 22.4 Å². The lowest BCUT2D eigenvalue weighted by molar-refractivity contribution is -0.140. The van der Waals surface area contributed by atoms with E-state index in [-0.39, 0.29) is 12.1 Å². The van der Waals surface area contributed by atoms with E-state index in [1.807, 2.05) is 6.92 Å². The Morgan fingerprint density at radius 3 is 2.45 bits per heavy atom. The molecule has 0 aliphatic rings. The summed E-state index contributed by atoms with van der Waals surface area (Å²) >= 11 is 0. The van der Waals surface area contributed by atoms with Crippen LogP contribution in [0.15, 0.2) is 18.2 Å². The number of carbonyl (C=O) groups is 1. The number of hydrogen-bond acceptors (Lipinski definition) is 1. The third-order valence-corrected chi connectivity index (χ3v) is 2.79. The average Bonchev–Trinajstić information content (AvgIpc) is 2.32. The second-order valence-electron chi connectivity index (χ2n) is 4.68. The van der Waals surface area contributed by atoms with Crippen molar-refractivity contribution in [3.05, 3.63) is 35.1 Å². The van der Waals surface area contributed by atoms with Crippen molar-refractivity contribution in [2.24, 2.45) is 0 Å². The molecule has 0 heterocycles. The van der Waals surface area contributed by atoms with Gasteiger partial charge in [-0.25, -0.2) is 4.39 Å². The highest BCUT2D eigenvalue weighted by Gasteiger charge is 2.33. The molecule has 6 heteroatoms. The molecule has 1 amide bonds. The van der Waals surface area contributed by atoms with Crippen LogP contribution in [0.1, 0.15) is 35.7 Å². The first kappa shape index (κ1) is 16.5. The summed E-state index contributed by atoms with van der Waals surface area (Å²) in [5, 5.41) is 0. The fourth-order valence-corrected chi connectivity index (χ4v) is 1.78. The molecular formula is C14H17F4NO. The quantitative estimate of drug-likeness (QED) is 0.752. The summed E-state index contributed by atoms with van der Waals surface area (Å²) in [6, 6.07) is 3.86. The van der Waals surface area contributed by atoms with Crippen LogP contribution < -0.4 is 0 Å². The number of hydrogen-bond donors (Lipinski definition) is 0. The van der Waals surface area contributed by atoms with Crippen LogP contribution in [0, 0.1) is 12.7 Å². The molecule has 0 spiro atoms. The van der Waals surface area contributed by atoms with Gasteiger partial charge in [-0.1, -0.05) is 19.4 Å². The van der Waals surface area contributed by atoms with E-state index in [1.165, 1.54) is 12.1 Å². The van der Waals surface area contributed by atoms with Crippen LogP contribution in [0.3, 0.4) is 0 Å². The number of halogens is 4. The van der Waals surface area contributed by atoms with Gasteiger partial charge in [0.25, 0.3) is 5.91 Å². The summed E-state index contributed by atoms with van der Waals surface area (Å²) in [5.74, 6) is -1.72. The molecular weight excluding hydrogens is 274 g/mol. The molecule has 112 valence electrons. The van der Waals surface area contributed by atoms with Gasteiger partial charge in [-0.3, -0.25) is 4.79 Å². The van der Waals surface area contributed by atoms with E-state index in [2.05, 4.69) is 0 Å². The minimum absolute atomic E-state index is 0.0395. The van der Waals surface area contributed by atoms with Gasteiger partial charge in [-0.05, 0) is 31.0 Å². The molecule has 1 aromatic rings. The van der Waals surface area contributed by atoms with Gasteiger partial charge in [-0.15, -0.1) is 0 Å². The van der Waals surface area contributed by atoms with Crippen molar-refractivity contribution in [3.63, 3.8) is 0 Å². The summed E-state index contributed by atoms with van der Waals surface area (Å²) < 4.78 is 51.1. The maximum Gasteiger partial charge on any atom is 0.406 e. The van der Waals surface area contributed by atoms with Crippen LogP contribution in [0.4, 0.5) is 17.6 Å². The van der Waals surface area contributed by atoms with Crippen molar-refractivity contribution in [1.82, 2.24) is 4.90 Å². The molecule has 0 aromatic heterocycles. The fraction of sp³-hybridized carbons (Fsp3) is 0.500. The van der Waals surface area contributed by atoms with E-state index in [0.29, 0.717) is 23.3 Å². The van der Waals surface area contributed by atoms with Crippen LogP contribution in [-0.4, -0.2) is 30.1 Å². The highest BCUT2D eigenvalue weighted by molar-refractivity contribution is 5.94. The van der Waals surface area contributed by atoms with Crippen molar-refractivity contribution >= 4 is 5.91 Å². The van der Waals surface area contributed by atoms with Crippen molar-refractivity contribution < 1.29 is 22.4 Å². The summed E-state index contributed by atoms with van der Waals surface area (Å²) in [7, 11) is 0. The van der Waals surface area contributed by atoms with Crippen molar-refractivity contribution in [3.8, 4) is 0 Å². The highest BCUT2D eigenvalue weighted by Crippen LogP contribution is 2.20. The van der Waals surface area contributed by atoms with Gasteiger partial charge in [0.1, 0.15) is 12.4 Å². The van der Waals surface area contributed by atoms with E-state index in [0.717, 1.165) is 6.07 Å². The van der Waals surface area contributed by atoms with Crippen molar-refractivity contribution in [2.75, 3.05) is 13.1 Å². The maximum atomic E-state index is 13.7. The van der Waals surface area contributed by atoms with Gasteiger partial charge < -0.3 is 4.90 Å². The van der Waals surface area contributed by atoms with Gasteiger partial charge in [0, 0.05) is 6.54 Å². The molecule has 1 aromatic carbocycles. The zero-order valence-corrected chi connectivity index (χ0v) is 11.4. The summed E-state index contributed by atoms with van der Waals surface area (Å²) in [4.78, 5) is 12.7. The molecule has 0 saturated carbocycles. The van der Waals surface area contributed by atoms with E-state index in [1.54, 1.807) is 6.92 Å². The normalized spacial score (nSPS) is 11.5. The van der Waals surface area contributed by atoms with Gasteiger partial charge >= 0.3 is 6.18 Å². The van der Waals surface area contributed by atoms with Gasteiger partial charge in [0.05, 0.1) is 5.56 Å². The van der Waals surface area contributed by atoms with Gasteiger partial charge in [0.15, 0.2) is 0 Å². The summed E-state index contributed by atoms with van der Waals surface area (Å²) in [5.41, 5.74) is 0.283. The van der Waals surface area contributed by atoms with Gasteiger partial charge in [-0.2, -0.15) is 13.2 Å². The number of amides is 1. The van der Waals surface area contributed by atoms with E-state index < -0.39 is 24.4 Å². The first-order valence-electron chi connectivity index (χ1n) is 6.36. The number of alkyl halides is 3. The van der Waals surface area contributed by atoms with Crippen LogP contribution in [0.25, 0.3) is 0 Å². The van der Waals surface area contributed by atoms with Crippen LogP contribution in [0.2, 0.25) is 0 Å². The number of carbonyl (C=O) groups excluding carboxylic acids is 1. The zero-order chi connectivity index (χ0) is 15.3. The molecule has 0 unspecified atom stereocenters. The van der Waals surface area contributed by atoms with Crippen molar-refractivity contribution in [1.29, 1.82) is 0 Å². The number of aryl methyl sites for hydroxylation is 1. The first-order chi connectivity index (χ1) is 9.24. The minimum atomic E-state index is -4.50. The Morgan fingerprint density at radius 1 is 1.30 bits per heavy atom. The predicted octanol–water partition coefficient (Wildman–Crippen LogP) is 3.94. The number of benzene rings is 1. The lowest BCUT2D eigenvalue weighted by Gasteiger charge is -2.24. The standard InChI is InChI=1S/C14H17F4NO/c1-3-4-7-19(9-14(16,17)18)13(20)11-6-5-10(2)8-12(11)15/h5-6,8H,3-4,7,9H2,1-2H3. The van der Waals surface area contributed by atoms with E-state index >= 15 is 0 Å². The number of nitrogens with zero attached hydrogens (tertiary/aromatic N) is 1. The first-order valence-corrected chi connectivity index (χ1v) is 6.36. The molecule has 0 N–H and O–H groups in total. The Hall–Kier alpha value is -1.59. The molecule has 0 aliphatic carbocycles. The van der Waals surface area contributed by atoms with Crippen LogP contribution in [0.5, 0.6) is 0 Å². The SMILES string of the molecule is CCCCN(CC(F)(F)F)C(=O)c1ccc(C)cc1F. The molecule has 0 saturated heterocycles. The summed E-state index contributed by atoms with van der Waals surface area (Å²) in [6.07, 6.45) is -3.40. The number of unbranched alkanes of at least 4 members (excludes halogenated alkanes) is 1. The van der Waals surface area contributed by atoms with Crippen molar-refractivity contribution in [2.45, 2.75) is 32.9 Å².